The Kier molecular flexibility index (Phi) is 3.26. The van der Waals surface area contributed by atoms with Gasteiger partial charge in [-0.15, -0.1) is 0 Å². The van der Waals surface area contributed by atoms with Crippen LogP contribution in [0, 0.1) is 0 Å². The number of nitrogens with zero attached hydrogens (tertiary/aromatic N) is 2. The fraction of sp³-hybridized carbons (Fsp3) is 0.250. The Morgan fingerprint density at radius 3 is 2.50 bits per heavy atom. The van der Waals surface area contributed by atoms with Crippen molar-refractivity contribution in [1.29, 1.82) is 0 Å². The molecule has 0 aromatic carbocycles. The number of halogens is 1. The van der Waals surface area contributed by atoms with Crippen molar-refractivity contribution in [2.75, 3.05) is 0 Å². The predicted octanol–water partition coefficient (Wildman–Crippen LogP) is -3.40. The molecule has 2 nitrogen and oxygen atoms in total. The Balaban J connectivity index is 0.000000490. The Morgan fingerprint density at radius 1 is 1.75 bits per heavy atom. The largest absolute Gasteiger partial charge is 1.00 e. The fourth-order valence-electron chi connectivity index (χ4n) is 0.396. The number of hydrogen-bond donors (Lipinski definition) is 0. The number of aryl methyl sites for hydroxylation is 1. The maximum absolute atomic E-state index is 4.03. The van der Waals surface area contributed by atoms with Crippen LogP contribution in [0.15, 0.2) is 12.4 Å². The van der Waals surface area contributed by atoms with E-state index in [0.29, 0.717) is 0 Å². The van der Waals surface area contributed by atoms with E-state index in [0.717, 1.165) is 18.3 Å². The van der Waals surface area contributed by atoms with Crippen LogP contribution in [0.3, 0.4) is 0 Å². The van der Waals surface area contributed by atoms with Crippen molar-refractivity contribution < 1.29 is 30.7 Å². The summed E-state index contributed by atoms with van der Waals surface area (Å²) in [6.07, 6.45) is 3.78. The van der Waals surface area contributed by atoms with Gasteiger partial charge in [0.15, 0.2) is 0 Å². The molecule has 0 aliphatic heterocycles. The normalized spacial score (nSPS) is 8.38. The Bertz CT molecular complexity index is 146. The summed E-state index contributed by atoms with van der Waals surface area (Å²) in [5.41, 5.74) is 0. The standard InChI is InChI=1S/C4H5N2.ClH.Zn/c1-6-3-2-5-4-6;;/h2-3H,1H3;1H;/q;;+1/p-1. The molecule has 8 heavy (non-hydrogen) atoms. The van der Waals surface area contributed by atoms with Gasteiger partial charge in [-0.05, 0) is 0 Å². The zero-order valence-electron chi connectivity index (χ0n) is 4.63. The second kappa shape index (κ2) is 3.21. The number of imidazole rings is 1. The van der Waals surface area contributed by atoms with Gasteiger partial charge in [-0.3, -0.25) is 0 Å². The van der Waals surface area contributed by atoms with Crippen molar-refractivity contribution >= 4 is 4.42 Å². The average molecular weight is 182 g/mol. The van der Waals surface area contributed by atoms with Gasteiger partial charge in [-0.2, -0.15) is 0 Å². The second-order valence-corrected chi connectivity index (χ2v) is 2.78. The molecule has 0 saturated heterocycles. The average Bonchev–Trinajstić information content (AvgIpc) is 1.91. The summed E-state index contributed by atoms with van der Waals surface area (Å²) in [7, 11) is 2.01. The topological polar surface area (TPSA) is 17.8 Å². The van der Waals surface area contributed by atoms with Crippen LogP contribution in [0.4, 0.5) is 0 Å². The maximum atomic E-state index is 4.03. The molecule has 0 amide bonds. The molecule has 0 unspecified atom stereocenters. The van der Waals surface area contributed by atoms with Crippen LogP contribution in [-0.4, -0.2) is 9.55 Å². The van der Waals surface area contributed by atoms with Crippen LogP contribution in [0.2, 0.25) is 0 Å². The molecule has 0 atom stereocenters. The van der Waals surface area contributed by atoms with Crippen LogP contribution in [0.1, 0.15) is 0 Å². The van der Waals surface area contributed by atoms with Crippen LogP contribution >= 0.6 is 0 Å². The molecular formula is C4H5ClN2Zn. The molecule has 0 fully saturated rings. The van der Waals surface area contributed by atoms with Crippen molar-refractivity contribution in [3.8, 4) is 0 Å². The van der Waals surface area contributed by atoms with Gasteiger partial charge in [-0.1, -0.05) is 0 Å². The van der Waals surface area contributed by atoms with Gasteiger partial charge in [0, 0.05) is 0 Å². The van der Waals surface area contributed by atoms with Gasteiger partial charge in [0.2, 0.25) is 0 Å². The smallest absolute Gasteiger partial charge is 1.00 e. The molecule has 1 aromatic heterocycles. The summed E-state index contributed by atoms with van der Waals surface area (Å²) >= 11 is 1.14. The van der Waals surface area contributed by atoms with E-state index in [2.05, 4.69) is 4.98 Å². The Labute approximate surface area is 64.4 Å². The van der Waals surface area contributed by atoms with E-state index in [1.54, 1.807) is 0 Å². The molecule has 0 aliphatic carbocycles. The predicted molar refractivity (Wildman–Crippen MR) is 22.8 cm³/mol. The zero-order valence-corrected chi connectivity index (χ0v) is 8.36. The minimum atomic E-state index is 0. The van der Waals surface area contributed by atoms with E-state index >= 15 is 0 Å². The number of aromatic nitrogens is 2. The molecule has 0 saturated carbocycles. The van der Waals surface area contributed by atoms with Crippen molar-refractivity contribution in [1.82, 2.24) is 9.55 Å². The summed E-state index contributed by atoms with van der Waals surface area (Å²) in [4.78, 5) is 4.03. The first-order chi connectivity index (χ1) is 3.30. The molecular weight excluding hydrogens is 177 g/mol. The first-order valence-corrected chi connectivity index (χ1v) is 3.58. The maximum Gasteiger partial charge on any atom is -1.00 e. The quantitative estimate of drug-likeness (QED) is 0.382. The third-order valence-electron chi connectivity index (χ3n) is 0.921. The minimum absolute atomic E-state index is 0. The molecule has 40 valence electrons. The van der Waals surface area contributed by atoms with Crippen LogP contribution < -0.4 is 16.8 Å². The first-order valence-electron chi connectivity index (χ1n) is 2.10. The second-order valence-electron chi connectivity index (χ2n) is 1.45. The molecule has 1 heterocycles. The van der Waals surface area contributed by atoms with Crippen molar-refractivity contribution in [3.05, 3.63) is 12.4 Å². The van der Waals surface area contributed by atoms with Crippen molar-refractivity contribution in [3.63, 3.8) is 0 Å². The van der Waals surface area contributed by atoms with E-state index < -0.39 is 0 Å². The summed E-state index contributed by atoms with van der Waals surface area (Å²) in [5.74, 6) is 0. The van der Waals surface area contributed by atoms with Crippen molar-refractivity contribution in [2.24, 2.45) is 7.05 Å². The van der Waals surface area contributed by atoms with Gasteiger partial charge in [0.1, 0.15) is 0 Å². The fourth-order valence-corrected chi connectivity index (χ4v) is 0.839. The first kappa shape index (κ1) is 8.12. The molecule has 0 radical (unpaired) electrons. The third-order valence-corrected chi connectivity index (χ3v) is 2.35. The minimum Gasteiger partial charge on any atom is -1.00 e. The molecule has 1 rings (SSSR count). The summed E-state index contributed by atoms with van der Waals surface area (Å²) < 4.78 is 3.21. The van der Waals surface area contributed by atoms with Crippen LogP contribution in [0.5, 0.6) is 0 Å². The number of rotatable bonds is 0. The molecule has 0 spiro atoms. The monoisotopic (exact) mass is 180 g/mol. The summed E-state index contributed by atoms with van der Waals surface area (Å²) in [5, 5.41) is 0. The van der Waals surface area contributed by atoms with E-state index in [9.17, 15) is 0 Å². The van der Waals surface area contributed by atoms with Crippen LogP contribution in [-0.2, 0) is 25.3 Å². The third kappa shape index (κ3) is 1.57. The van der Waals surface area contributed by atoms with Gasteiger partial charge < -0.3 is 12.4 Å². The summed E-state index contributed by atoms with van der Waals surface area (Å²) in [6.45, 7) is 0. The van der Waals surface area contributed by atoms with Gasteiger partial charge in [0.05, 0.1) is 0 Å². The number of hydrogen-bond acceptors (Lipinski definition) is 1. The Morgan fingerprint density at radius 2 is 2.38 bits per heavy atom. The van der Waals surface area contributed by atoms with E-state index in [-0.39, 0.29) is 12.4 Å². The summed E-state index contributed by atoms with van der Waals surface area (Å²) in [6, 6.07) is 0. The molecule has 0 aliphatic rings. The van der Waals surface area contributed by atoms with E-state index in [4.69, 9.17) is 0 Å². The molecule has 4 heteroatoms. The van der Waals surface area contributed by atoms with E-state index in [1.807, 2.05) is 24.0 Å². The van der Waals surface area contributed by atoms with Gasteiger partial charge in [0.25, 0.3) is 0 Å². The van der Waals surface area contributed by atoms with Gasteiger partial charge in [-0.25, -0.2) is 0 Å². The van der Waals surface area contributed by atoms with Crippen molar-refractivity contribution in [2.45, 2.75) is 0 Å². The molecule has 0 bridgehead atoms. The molecule has 0 N–H and O–H groups in total. The van der Waals surface area contributed by atoms with E-state index in [1.165, 1.54) is 4.42 Å². The molecule has 1 aromatic rings. The Hall–Kier alpha value is 0.123. The van der Waals surface area contributed by atoms with Crippen LogP contribution in [0.25, 0.3) is 0 Å². The zero-order chi connectivity index (χ0) is 5.28. The SMILES string of the molecule is Cn1ccn[c]1[Zn+].[Cl-]. The van der Waals surface area contributed by atoms with Gasteiger partial charge >= 0.3 is 51.7 Å².